The highest BCUT2D eigenvalue weighted by Crippen LogP contribution is 2.42. The maximum atomic E-state index is 12.4. The van der Waals surface area contributed by atoms with Gasteiger partial charge in [-0.15, -0.1) is 11.3 Å². The summed E-state index contributed by atoms with van der Waals surface area (Å²) in [5, 5.41) is 16.0. The van der Waals surface area contributed by atoms with Crippen molar-refractivity contribution < 1.29 is 9.90 Å². The molecule has 104 valence electrons. The van der Waals surface area contributed by atoms with Gasteiger partial charge in [0.15, 0.2) is 0 Å². The summed E-state index contributed by atoms with van der Waals surface area (Å²) in [7, 11) is 0. The number of carbonyl (C=O) groups excluding carboxylic acids is 1. The number of amides is 1. The van der Waals surface area contributed by atoms with E-state index in [0.717, 1.165) is 15.9 Å². The Kier molecular flexibility index (Phi) is 2.95. The Morgan fingerprint density at radius 1 is 1.55 bits per heavy atom. The van der Waals surface area contributed by atoms with Gasteiger partial charge in [0, 0.05) is 6.20 Å². The molecule has 3 heterocycles. The van der Waals surface area contributed by atoms with Gasteiger partial charge in [0.05, 0.1) is 35.2 Å². The van der Waals surface area contributed by atoms with Gasteiger partial charge in [0.1, 0.15) is 9.71 Å². The Labute approximate surface area is 119 Å². The maximum Gasteiger partial charge on any atom is 0.264 e. The second kappa shape index (κ2) is 4.53. The Bertz CT molecular complexity index is 720. The monoisotopic (exact) mass is 290 g/mol. The van der Waals surface area contributed by atoms with Crippen molar-refractivity contribution in [2.24, 2.45) is 4.99 Å². The zero-order chi connectivity index (χ0) is 14.3. The van der Waals surface area contributed by atoms with E-state index < -0.39 is 5.54 Å². The van der Waals surface area contributed by atoms with Crippen LogP contribution >= 0.6 is 11.3 Å². The van der Waals surface area contributed by atoms with E-state index in [1.807, 2.05) is 6.07 Å². The number of aliphatic imine (C=N–C) groups is 1. The lowest BCUT2D eigenvalue weighted by molar-refractivity contribution is 0.0874. The van der Waals surface area contributed by atoms with Crippen molar-refractivity contribution in [1.82, 2.24) is 10.3 Å². The summed E-state index contributed by atoms with van der Waals surface area (Å²) in [6, 6.07) is 1.85. The van der Waals surface area contributed by atoms with Gasteiger partial charge in [-0.05, 0) is 19.9 Å². The van der Waals surface area contributed by atoms with Gasteiger partial charge >= 0.3 is 0 Å². The van der Waals surface area contributed by atoms with Gasteiger partial charge in [-0.25, -0.2) is 9.98 Å². The summed E-state index contributed by atoms with van der Waals surface area (Å²) in [6.45, 7) is 3.39. The molecule has 2 aromatic heterocycles. The molecule has 2 aromatic rings. The van der Waals surface area contributed by atoms with Crippen molar-refractivity contribution in [3.63, 3.8) is 0 Å². The van der Waals surface area contributed by atoms with Gasteiger partial charge in [-0.3, -0.25) is 4.79 Å². The van der Waals surface area contributed by atoms with Crippen LogP contribution < -0.4 is 10.6 Å². The summed E-state index contributed by atoms with van der Waals surface area (Å²) in [4.78, 5) is 22.2. The molecule has 0 radical (unpaired) electrons. The normalized spacial score (nSPS) is 13.3. The number of hydrogen-bond donors (Lipinski definition) is 3. The van der Waals surface area contributed by atoms with E-state index in [1.54, 1.807) is 26.4 Å². The van der Waals surface area contributed by atoms with Crippen molar-refractivity contribution in [3.8, 4) is 0 Å². The Balaban J connectivity index is 2.07. The fourth-order valence-electron chi connectivity index (χ4n) is 1.97. The first-order valence-corrected chi connectivity index (χ1v) is 6.97. The van der Waals surface area contributed by atoms with Crippen LogP contribution in [0.2, 0.25) is 0 Å². The van der Waals surface area contributed by atoms with Crippen LogP contribution in [0.15, 0.2) is 17.3 Å². The average Bonchev–Trinajstić information content (AvgIpc) is 2.80. The molecular weight excluding hydrogens is 276 g/mol. The fourth-order valence-corrected chi connectivity index (χ4v) is 2.99. The molecule has 6 nitrogen and oxygen atoms in total. The second-order valence-corrected chi connectivity index (χ2v) is 6.22. The smallest absolute Gasteiger partial charge is 0.264 e. The van der Waals surface area contributed by atoms with Crippen molar-refractivity contribution in [3.05, 3.63) is 17.1 Å². The lowest BCUT2D eigenvalue weighted by Crippen LogP contribution is -2.46. The van der Waals surface area contributed by atoms with Crippen molar-refractivity contribution in [2.45, 2.75) is 19.4 Å². The summed E-state index contributed by atoms with van der Waals surface area (Å²) in [6.07, 6.45) is 3.27. The molecule has 0 fully saturated rings. The number of thiophene rings is 1. The Morgan fingerprint density at radius 3 is 3.10 bits per heavy atom. The third kappa shape index (κ3) is 2.04. The summed E-state index contributed by atoms with van der Waals surface area (Å²) in [5.74, 6) is -0.243. The highest BCUT2D eigenvalue weighted by molar-refractivity contribution is 7.21. The molecule has 1 aliphatic rings. The van der Waals surface area contributed by atoms with Gasteiger partial charge in [-0.1, -0.05) is 0 Å². The number of hydrogen-bond acceptors (Lipinski definition) is 6. The van der Waals surface area contributed by atoms with Gasteiger partial charge in [-0.2, -0.15) is 0 Å². The minimum atomic E-state index is -0.674. The summed E-state index contributed by atoms with van der Waals surface area (Å²) < 4.78 is 0. The number of aliphatic hydroxyl groups is 1. The maximum absolute atomic E-state index is 12.4. The van der Waals surface area contributed by atoms with Crippen LogP contribution in [-0.2, 0) is 0 Å². The van der Waals surface area contributed by atoms with Crippen LogP contribution in [0, 0.1) is 0 Å². The molecule has 3 rings (SSSR count). The quantitative estimate of drug-likeness (QED) is 0.805. The topological polar surface area (TPSA) is 86.6 Å². The van der Waals surface area contributed by atoms with Gasteiger partial charge in [0.25, 0.3) is 5.91 Å². The number of rotatable bonds is 3. The number of aliphatic hydroxyl groups excluding tert-OH is 1. The Morgan fingerprint density at radius 2 is 2.35 bits per heavy atom. The van der Waals surface area contributed by atoms with Crippen LogP contribution in [-0.4, -0.2) is 34.5 Å². The summed E-state index contributed by atoms with van der Waals surface area (Å²) in [5.41, 5.74) is 0.863. The molecule has 1 aliphatic heterocycles. The van der Waals surface area contributed by atoms with E-state index >= 15 is 0 Å². The van der Waals surface area contributed by atoms with E-state index in [9.17, 15) is 9.90 Å². The average molecular weight is 290 g/mol. The van der Waals surface area contributed by atoms with Crippen LogP contribution in [0.3, 0.4) is 0 Å². The van der Waals surface area contributed by atoms with Gasteiger partial charge < -0.3 is 15.7 Å². The zero-order valence-electron chi connectivity index (χ0n) is 11.1. The molecule has 0 saturated carbocycles. The predicted octanol–water partition coefficient (Wildman–Crippen LogP) is 1.88. The lowest BCUT2D eigenvalue weighted by Gasteiger charge is -2.23. The standard InChI is InChI=1S/C13H14N4O2S/c1-13(2,5-18)17-11(19)10-9-8-7(15-6-16-9)3-4-14-12(8)20-10/h3-4,6,18H,5H2,1-2H3,(H,15,16)(H,17,19). The molecule has 0 aromatic carbocycles. The van der Waals surface area contributed by atoms with Crippen LogP contribution in [0.4, 0.5) is 11.4 Å². The number of pyridine rings is 1. The minimum Gasteiger partial charge on any atom is -0.394 e. The number of carbonyl (C=O) groups is 1. The third-order valence-corrected chi connectivity index (χ3v) is 4.12. The third-order valence-electron chi connectivity index (χ3n) is 3.03. The molecule has 3 N–H and O–H groups in total. The largest absolute Gasteiger partial charge is 0.394 e. The fraction of sp³-hybridized carbons (Fsp3) is 0.308. The SMILES string of the molecule is CC(C)(CO)NC(=O)c1sc2nccc3c2c1N=CN3. The van der Waals surface area contributed by atoms with E-state index in [1.165, 1.54) is 11.3 Å². The molecule has 0 aliphatic carbocycles. The molecule has 0 unspecified atom stereocenters. The van der Waals surface area contributed by atoms with Crippen LogP contribution in [0.1, 0.15) is 23.5 Å². The van der Waals surface area contributed by atoms with E-state index in [-0.39, 0.29) is 12.5 Å². The highest BCUT2D eigenvalue weighted by Gasteiger charge is 2.26. The molecule has 0 bridgehead atoms. The zero-order valence-corrected chi connectivity index (χ0v) is 11.9. The van der Waals surface area contributed by atoms with E-state index in [4.69, 9.17) is 0 Å². The number of anilines is 1. The first kappa shape index (κ1) is 13.0. The Hall–Kier alpha value is -1.99. The number of aromatic nitrogens is 1. The van der Waals surface area contributed by atoms with Crippen molar-refractivity contribution >= 4 is 45.2 Å². The predicted molar refractivity (Wildman–Crippen MR) is 80.0 cm³/mol. The van der Waals surface area contributed by atoms with E-state index in [0.29, 0.717) is 10.6 Å². The minimum absolute atomic E-state index is 0.132. The second-order valence-electron chi connectivity index (χ2n) is 5.22. The molecule has 1 amide bonds. The first-order chi connectivity index (χ1) is 9.52. The molecular formula is C13H14N4O2S. The molecule has 7 heteroatoms. The number of nitrogens with one attached hydrogen (secondary N) is 2. The van der Waals surface area contributed by atoms with Crippen molar-refractivity contribution in [1.29, 1.82) is 0 Å². The first-order valence-electron chi connectivity index (χ1n) is 6.16. The molecule has 20 heavy (non-hydrogen) atoms. The van der Waals surface area contributed by atoms with E-state index in [2.05, 4.69) is 20.6 Å². The lowest BCUT2D eigenvalue weighted by atomic mass is 10.1. The van der Waals surface area contributed by atoms with Crippen LogP contribution in [0.5, 0.6) is 0 Å². The molecule has 0 atom stereocenters. The van der Waals surface area contributed by atoms with Crippen molar-refractivity contribution in [2.75, 3.05) is 11.9 Å². The van der Waals surface area contributed by atoms with Gasteiger partial charge in [0.2, 0.25) is 0 Å². The van der Waals surface area contributed by atoms with Crippen LogP contribution in [0.25, 0.3) is 10.2 Å². The highest BCUT2D eigenvalue weighted by atomic mass is 32.1. The molecule has 0 saturated heterocycles. The number of nitrogens with zero attached hydrogens (tertiary/aromatic N) is 2. The molecule has 0 spiro atoms. The summed E-state index contributed by atoms with van der Waals surface area (Å²) >= 11 is 1.30.